The average Bonchev–Trinajstić information content (AvgIpc) is 2.42. The van der Waals surface area contributed by atoms with Crippen LogP contribution in [0.4, 0.5) is 14.5 Å². The van der Waals surface area contributed by atoms with Crippen LogP contribution in [0.25, 0.3) is 0 Å². The Kier molecular flexibility index (Phi) is 4.19. The van der Waals surface area contributed by atoms with Gasteiger partial charge in [0.25, 0.3) is 5.91 Å². The number of ether oxygens (including phenoxy) is 1. The first-order chi connectivity index (χ1) is 9.83. The molecule has 6 nitrogen and oxygen atoms in total. The first-order valence-electron chi connectivity index (χ1n) is 6.30. The Labute approximate surface area is 119 Å². The van der Waals surface area contributed by atoms with Gasteiger partial charge in [0.05, 0.1) is 11.3 Å². The first kappa shape index (κ1) is 15.3. The van der Waals surface area contributed by atoms with Gasteiger partial charge >= 0.3 is 0 Å². The third-order valence-electron chi connectivity index (χ3n) is 3.41. The summed E-state index contributed by atoms with van der Waals surface area (Å²) in [5.74, 6) is -3.78. The molecule has 0 aliphatic carbocycles. The van der Waals surface area contributed by atoms with Crippen LogP contribution in [0.5, 0.6) is 0 Å². The fourth-order valence-corrected chi connectivity index (χ4v) is 2.04. The number of carbonyl (C=O) groups excluding carboxylic acids is 2. The van der Waals surface area contributed by atoms with Crippen molar-refractivity contribution >= 4 is 17.5 Å². The first-order valence-corrected chi connectivity index (χ1v) is 6.30. The molecular weight excluding hydrogens is 284 g/mol. The van der Waals surface area contributed by atoms with Crippen LogP contribution in [0.1, 0.15) is 23.2 Å². The van der Waals surface area contributed by atoms with Gasteiger partial charge in [-0.25, -0.2) is 8.78 Å². The summed E-state index contributed by atoms with van der Waals surface area (Å²) in [6.45, 7) is 0.644. The summed E-state index contributed by atoms with van der Waals surface area (Å²) in [5.41, 5.74) is 8.89. The monoisotopic (exact) mass is 299 g/mol. The number of nitrogens with one attached hydrogen (secondary N) is 1. The van der Waals surface area contributed by atoms with Gasteiger partial charge in [0.2, 0.25) is 5.91 Å². The van der Waals surface area contributed by atoms with E-state index in [-0.39, 0.29) is 18.5 Å². The smallest absolute Gasteiger partial charge is 0.251 e. The van der Waals surface area contributed by atoms with Crippen molar-refractivity contribution in [1.82, 2.24) is 0 Å². The third kappa shape index (κ3) is 3.17. The molecule has 1 aromatic rings. The number of hydrogen-bond donors (Lipinski definition) is 3. The minimum atomic E-state index is -1.19. The van der Waals surface area contributed by atoms with Crippen molar-refractivity contribution in [2.75, 3.05) is 18.5 Å². The van der Waals surface area contributed by atoms with Crippen molar-refractivity contribution in [1.29, 1.82) is 0 Å². The molecule has 1 aliphatic rings. The Morgan fingerprint density at radius 1 is 1.19 bits per heavy atom. The highest BCUT2D eigenvalue weighted by molar-refractivity contribution is 6.00. The lowest BCUT2D eigenvalue weighted by atomic mass is 9.90. The standard InChI is InChI=1S/C13H15F2N3O3/c14-8-6-9(15)10(5-7(8)11(16)19)18-12(20)13(17)1-3-21-4-2-13/h5-6H,1-4,17H2,(H2,16,19)(H,18,20). The predicted octanol–water partition coefficient (Wildman–Crippen LogP) is 0.510. The number of primary amides is 1. The molecular formula is C13H15F2N3O3. The van der Waals surface area contributed by atoms with E-state index in [2.05, 4.69) is 5.32 Å². The van der Waals surface area contributed by atoms with Gasteiger partial charge in [0.1, 0.15) is 17.2 Å². The second-order valence-corrected chi connectivity index (χ2v) is 4.90. The van der Waals surface area contributed by atoms with E-state index in [1.165, 1.54) is 0 Å². The SMILES string of the molecule is NC(=O)c1cc(NC(=O)C2(N)CCOCC2)c(F)cc1F. The normalized spacial score (nSPS) is 17.3. The van der Waals surface area contributed by atoms with Gasteiger partial charge < -0.3 is 21.5 Å². The molecule has 1 heterocycles. The minimum Gasteiger partial charge on any atom is -0.381 e. The molecule has 1 aliphatic heterocycles. The van der Waals surface area contributed by atoms with E-state index in [4.69, 9.17) is 16.2 Å². The molecule has 0 saturated carbocycles. The lowest BCUT2D eigenvalue weighted by Gasteiger charge is -2.31. The number of halogens is 2. The zero-order chi connectivity index (χ0) is 15.6. The summed E-state index contributed by atoms with van der Waals surface area (Å²) in [7, 11) is 0. The Hall–Kier alpha value is -2.06. The van der Waals surface area contributed by atoms with Crippen molar-refractivity contribution < 1.29 is 23.1 Å². The van der Waals surface area contributed by atoms with Gasteiger partial charge in [0, 0.05) is 19.3 Å². The van der Waals surface area contributed by atoms with Gasteiger partial charge in [-0.3, -0.25) is 9.59 Å². The number of amides is 2. The van der Waals surface area contributed by atoms with E-state index in [9.17, 15) is 18.4 Å². The summed E-state index contributed by atoms with van der Waals surface area (Å²) in [6, 6.07) is 1.34. The second kappa shape index (κ2) is 5.74. The van der Waals surface area contributed by atoms with E-state index in [1.54, 1.807) is 0 Å². The molecule has 0 unspecified atom stereocenters. The van der Waals surface area contributed by atoms with Crippen molar-refractivity contribution in [3.8, 4) is 0 Å². The van der Waals surface area contributed by atoms with E-state index in [0.29, 0.717) is 19.3 Å². The third-order valence-corrected chi connectivity index (χ3v) is 3.41. The van der Waals surface area contributed by atoms with Gasteiger partial charge in [-0.2, -0.15) is 0 Å². The Bertz CT molecular complexity index is 586. The number of rotatable bonds is 3. The van der Waals surface area contributed by atoms with Crippen molar-refractivity contribution in [2.45, 2.75) is 18.4 Å². The summed E-state index contributed by atoms with van der Waals surface area (Å²) in [4.78, 5) is 23.2. The topological polar surface area (TPSA) is 107 Å². The minimum absolute atomic E-state index is 0.282. The molecule has 1 fully saturated rings. The van der Waals surface area contributed by atoms with Crippen LogP contribution in [0.2, 0.25) is 0 Å². The molecule has 8 heteroatoms. The number of anilines is 1. The van der Waals surface area contributed by atoms with Crippen molar-refractivity contribution in [3.05, 3.63) is 29.3 Å². The molecule has 0 atom stereocenters. The van der Waals surface area contributed by atoms with E-state index in [1.807, 2.05) is 0 Å². The summed E-state index contributed by atoms with van der Waals surface area (Å²) in [6.07, 6.45) is 0.564. The Balaban J connectivity index is 2.24. The fraction of sp³-hybridized carbons (Fsp3) is 0.385. The van der Waals surface area contributed by atoms with Crippen LogP contribution in [-0.2, 0) is 9.53 Å². The maximum Gasteiger partial charge on any atom is 0.251 e. The molecule has 1 aromatic carbocycles. The van der Waals surface area contributed by atoms with Crippen LogP contribution in [-0.4, -0.2) is 30.6 Å². The molecule has 5 N–H and O–H groups in total. The number of hydrogen-bond acceptors (Lipinski definition) is 4. The number of carbonyl (C=O) groups is 2. The van der Waals surface area contributed by atoms with Crippen molar-refractivity contribution in [2.24, 2.45) is 11.5 Å². The fourth-order valence-electron chi connectivity index (χ4n) is 2.04. The number of benzene rings is 1. The largest absolute Gasteiger partial charge is 0.381 e. The number of nitrogens with two attached hydrogens (primary N) is 2. The maximum atomic E-state index is 13.7. The highest BCUT2D eigenvalue weighted by Crippen LogP contribution is 2.23. The van der Waals surface area contributed by atoms with Crippen molar-refractivity contribution in [3.63, 3.8) is 0 Å². The second-order valence-electron chi connectivity index (χ2n) is 4.90. The van der Waals surface area contributed by atoms with E-state index in [0.717, 1.165) is 6.07 Å². The molecule has 0 spiro atoms. The van der Waals surface area contributed by atoms with E-state index >= 15 is 0 Å². The predicted molar refractivity (Wildman–Crippen MR) is 70.5 cm³/mol. The van der Waals surface area contributed by atoms with Crippen LogP contribution in [0, 0.1) is 11.6 Å². The summed E-state index contributed by atoms with van der Waals surface area (Å²) >= 11 is 0. The quantitative estimate of drug-likeness (QED) is 0.755. The molecule has 1 saturated heterocycles. The Morgan fingerprint density at radius 3 is 2.38 bits per heavy atom. The highest BCUT2D eigenvalue weighted by atomic mass is 19.1. The molecule has 0 aromatic heterocycles. The van der Waals surface area contributed by atoms with Crippen LogP contribution >= 0.6 is 0 Å². The molecule has 0 radical (unpaired) electrons. The molecule has 2 rings (SSSR count). The Morgan fingerprint density at radius 2 is 1.81 bits per heavy atom. The average molecular weight is 299 g/mol. The summed E-state index contributed by atoms with van der Waals surface area (Å²) < 4.78 is 32.1. The van der Waals surface area contributed by atoms with Gasteiger partial charge in [0.15, 0.2) is 0 Å². The zero-order valence-electron chi connectivity index (χ0n) is 11.1. The van der Waals surface area contributed by atoms with E-state index < -0.39 is 34.6 Å². The maximum absolute atomic E-state index is 13.7. The molecule has 2 amide bonds. The molecule has 114 valence electrons. The van der Waals surface area contributed by atoms with Crippen LogP contribution in [0.3, 0.4) is 0 Å². The van der Waals surface area contributed by atoms with Crippen LogP contribution < -0.4 is 16.8 Å². The van der Waals surface area contributed by atoms with Gasteiger partial charge in [-0.1, -0.05) is 0 Å². The zero-order valence-corrected chi connectivity index (χ0v) is 11.1. The lowest BCUT2D eigenvalue weighted by molar-refractivity contribution is -0.124. The summed E-state index contributed by atoms with van der Waals surface area (Å²) in [5, 5.41) is 2.27. The molecule has 21 heavy (non-hydrogen) atoms. The van der Waals surface area contributed by atoms with Gasteiger partial charge in [-0.05, 0) is 18.9 Å². The molecule has 0 bridgehead atoms. The van der Waals surface area contributed by atoms with Crippen LogP contribution in [0.15, 0.2) is 12.1 Å². The highest BCUT2D eigenvalue weighted by Gasteiger charge is 2.36. The van der Waals surface area contributed by atoms with Gasteiger partial charge in [-0.15, -0.1) is 0 Å². The lowest BCUT2D eigenvalue weighted by Crippen LogP contribution is -2.54.